The van der Waals surface area contributed by atoms with Gasteiger partial charge in [-0.25, -0.2) is 0 Å². The van der Waals surface area contributed by atoms with Gasteiger partial charge < -0.3 is 29.4 Å². The molecule has 0 aliphatic rings. The summed E-state index contributed by atoms with van der Waals surface area (Å²) in [5.41, 5.74) is 0.643. The molecule has 1 N–H and O–H groups in total. The Kier molecular flexibility index (Phi) is 6.21. The molecule has 7 nitrogen and oxygen atoms in total. The molecule has 136 valence electrons. The van der Waals surface area contributed by atoms with Crippen LogP contribution < -0.4 is 24.6 Å². The first kappa shape index (κ1) is 18.9. The minimum absolute atomic E-state index is 0.00242. The van der Waals surface area contributed by atoms with Crippen molar-refractivity contribution in [3.05, 3.63) is 59.8 Å². The molecule has 0 aliphatic carbocycles. The van der Waals surface area contributed by atoms with Crippen molar-refractivity contribution in [3.63, 3.8) is 0 Å². The van der Waals surface area contributed by atoms with Crippen LogP contribution in [0.4, 0.5) is 5.69 Å². The Morgan fingerprint density at radius 2 is 1.62 bits per heavy atom. The molecule has 0 atom stereocenters. The van der Waals surface area contributed by atoms with Crippen LogP contribution in [0, 0.1) is 0 Å². The SMILES string of the molecule is COc1cc(C(=O)/C=C/Nc2ccccc2C(=O)[O-])cc(OC)c1OC. The maximum atomic E-state index is 12.4. The van der Waals surface area contributed by atoms with Crippen LogP contribution in [0.25, 0.3) is 0 Å². The summed E-state index contributed by atoms with van der Waals surface area (Å²) in [5.74, 6) is -0.533. The lowest BCUT2D eigenvalue weighted by atomic mass is 10.1. The van der Waals surface area contributed by atoms with Gasteiger partial charge in [0.2, 0.25) is 5.75 Å². The third-order valence-electron chi connectivity index (χ3n) is 3.57. The number of anilines is 1. The molecule has 0 heterocycles. The second-order valence-electron chi connectivity index (χ2n) is 5.09. The molecule has 2 aromatic carbocycles. The lowest BCUT2D eigenvalue weighted by Crippen LogP contribution is -2.23. The highest BCUT2D eigenvalue weighted by atomic mass is 16.5. The van der Waals surface area contributed by atoms with Crippen LogP contribution in [0.3, 0.4) is 0 Å². The number of rotatable bonds is 8. The fraction of sp³-hybridized carbons (Fsp3) is 0.158. The molecule has 0 unspecified atom stereocenters. The second kappa shape index (κ2) is 8.57. The van der Waals surface area contributed by atoms with Crippen molar-refractivity contribution in [1.82, 2.24) is 0 Å². The Morgan fingerprint density at radius 1 is 1.00 bits per heavy atom. The molecule has 0 saturated heterocycles. The zero-order chi connectivity index (χ0) is 19.1. The first-order valence-corrected chi connectivity index (χ1v) is 7.59. The van der Waals surface area contributed by atoms with Gasteiger partial charge >= 0.3 is 0 Å². The molecule has 0 spiro atoms. The molecule has 7 heteroatoms. The van der Waals surface area contributed by atoms with E-state index in [4.69, 9.17) is 14.2 Å². The van der Waals surface area contributed by atoms with Gasteiger partial charge in [0, 0.05) is 29.1 Å². The van der Waals surface area contributed by atoms with E-state index in [9.17, 15) is 14.7 Å². The highest BCUT2D eigenvalue weighted by Crippen LogP contribution is 2.38. The van der Waals surface area contributed by atoms with Crippen molar-refractivity contribution in [3.8, 4) is 17.2 Å². The first-order chi connectivity index (χ1) is 12.5. The molecule has 2 rings (SSSR count). The summed E-state index contributed by atoms with van der Waals surface area (Å²) in [6.45, 7) is 0. The molecule has 0 saturated carbocycles. The Balaban J connectivity index is 2.22. The summed E-state index contributed by atoms with van der Waals surface area (Å²) in [6.07, 6.45) is 2.63. The van der Waals surface area contributed by atoms with E-state index in [0.29, 0.717) is 28.5 Å². The molecular formula is C19H18NO6-. The van der Waals surface area contributed by atoms with Crippen LogP contribution in [0.1, 0.15) is 20.7 Å². The molecule has 0 aliphatic heterocycles. The van der Waals surface area contributed by atoms with Gasteiger partial charge in [-0.3, -0.25) is 4.79 Å². The molecule has 0 amide bonds. The number of aromatic carboxylic acids is 1. The monoisotopic (exact) mass is 356 g/mol. The van der Waals surface area contributed by atoms with Gasteiger partial charge in [-0.05, 0) is 18.2 Å². The third kappa shape index (κ3) is 4.13. The Hall–Kier alpha value is -3.48. The van der Waals surface area contributed by atoms with Crippen LogP contribution >= 0.6 is 0 Å². The van der Waals surface area contributed by atoms with Gasteiger partial charge in [0.1, 0.15) is 0 Å². The molecular weight excluding hydrogens is 338 g/mol. The average Bonchev–Trinajstić information content (AvgIpc) is 2.66. The van der Waals surface area contributed by atoms with Crippen molar-refractivity contribution in [2.24, 2.45) is 0 Å². The maximum Gasteiger partial charge on any atom is 0.203 e. The van der Waals surface area contributed by atoms with Gasteiger partial charge in [-0.2, -0.15) is 0 Å². The van der Waals surface area contributed by atoms with Crippen molar-refractivity contribution in [2.45, 2.75) is 0 Å². The van der Waals surface area contributed by atoms with Crippen LogP contribution in [-0.4, -0.2) is 33.1 Å². The Morgan fingerprint density at radius 3 is 2.15 bits per heavy atom. The topological polar surface area (TPSA) is 96.9 Å². The highest BCUT2D eigenvalue weighted by Gasteiger charge is 2.15. The molecule has 0 bridgehead atoms. The predicted octanol–water partition coefficient (Wildman–Crippen LogP) is 1.88. The fourth-order valence-corrected chi connectivity index (χ4v) is 2.31. The number of hydrogen-bond donors (Lipinski definition) is 1. The van der Waals surface area contributed by atoms with E-state index in [2.05, 4.69) is 5.32 Å². The van der Waals surface area contributed by atoms with Crippen molar-refractivity contribution < 1.29 is 28.9 Å². The van der Waals surface area contributed by atoms with Gasteiger partial charge in [0.05, 0.1) is 27.3 Å². The van der Waals surface area contributed by atoms with Gasteiger partial charge in [0.15, 0.2) is 17.3 Å². The number of methoxy groups -OCH3 is 3. The van der Waals surface area contributed by atoms with Gasteiger partial charge in [0.25, 0.3) is 0 Å². The summed E-state index contributed by atoms with van der Waals surface area (Å²) in [7, 11) is 4.39. The van der Waals surface area contributed by atoms with E-state index in [-0.39, 0.29) is 11.3 Å². The number of carboxylic acids is 1. The molecule has 0 aromatic heterocycles. The number of carboxylic acid groups (broad SMARTS) is 1. The van der Waals surface area contributed by atoms with E-state index >= 15 is 0 Å². The number of nitrogens with one attached hydrogen (secondary N) is 1. The minimum atomic E-state index is -1.31. The van der Waals surface area contributed by atoms with Crippen LogP contribution in [-0.2, 0) is 0 Å². The quantitative estimate of drug-likeness (QED) is 0.570. The number of carbonyl (C=O) groups excluding carboxylic acids is 2. The number of ether oxygens (including phenoxy) is 3. The maximum absolute atomic E-state index is 12.4. The largest absolute Gasteiger partial charge is 0.545 e. The number of benzene rings is 2. The highest BCUT2D eigenvalue weighted by molar-refractivity contribution is 6.05. The van der Waals surface area contributed by atoms with E-state index in [1.807, 2.05) is 0 Å². The first-order valence-electron chi connectivity index (χ1n) is 7.59. The summed E-state index contributed by atoms with van der Waals surface area (Å²) < 4.78 is 15.6. The van der Waals surface area contributed by atoms with Crippen LogP contribution in [0.5, 0.6) is 17.2 Å². The minimum Gasteiger partial charge on any atom is -0.545 e. The number of ketones is 1. The second-order valence-corrected chi connectivity index (χ2v) is 5.09. The third-order valence-corrected chi connectivity index (χ3v) is 3.57. The number of carbonyl (C=O) groups is 2. The molecule has 0 radical (unpaired) electrons. The molecule has 0 fully saturated rings. The summed E-state index contributed by atoms with van der Waals surface area (Å²) in [6, 6.07) is 9.29. The summed E-state index contributed by atoms with van der Waals surface area (Å²) in [5, 5.41) is 13.8. The Labute approximate surface area is 150 Å². The standard InChI is InChI=1S/C19H19NO6/c1-24-16-10-12(11-17(25-2)18(16)26-3)15(21)8-9-20-14-7-5-4-6-13(14)19(22)23/h4-11,20H,1-3H3,(H,22,23)/p-1/b9-8+. The van der Waals surface area contributed by atoms with Gasteiger partial charge in [-0.15, -0.1) is 0 Å². The zero-order valence-electron chi connectivity index (χ0n) is 14.6. The van der Waals surface area contributed by atoms with E-state index in [1.165, 1.54) is 51.8 Å². The van der Waals surface area contributed by atoms with Gasteiger partial charge in [-0.1, -0.05) is 18.2 Å². The fourth-order valence-electron chi connectivity index (χ4n) is 2.31. The lowest BCUT2D eigenvalue weighted by Gasteiger charge is -2.13. The normalized spacial score (nSPS) is 10.4. The molecule has 26 heavy (non-hydrogen) atoms. The number of allylic oxidation sites excluding steroid dienone is 1. The lowest BCUT2D eigenvalue weighted by molar-refractivity contribution is -0.254. The number of para-hydroxylation sites is 1. The molecule has 2 aromatic rings. The van der Waals surface area contributed by atoms with Crippen LogP contribution in [0.2, 0.25) is 0 Å². The van der Waals surface area contributed by atoms with Crippen molar-refractivity contribution >= 4 is 17.4 Å². The van der Waals surface area contributed by atoms with Crippen LogP contribution in [0.15, 0.2) is 48.7 Å². The van der Waals surface area contributed by atoms with E-state index in [1.54, 1.807) is 18.2 Å². The summed E-state index contributed by atoms with van der Waals surface area (Å²) in [4.78, 5) is 23.4. The summed E-state index contributed by atoms with van der Waals surface area (Å²) >= 11 is 0. The number of hydrogen-bond acceptors (Lipinski definition) is 7. The Bertz CT molecular complexity index is 819. The van der Waals surface area contributed by atoms with Crippen molar-refractivity contribution in [1.29, 1.82) is 0 Å². The van der Waals surface area contributed by atoms with E-state index in [0.717, 1.165) is 0 Å². The smallest absolute Gasteiger partial charge is 0.203 e. The van der Waals surface area contributed by atoms with Crippen molar-refractivity contribution in [2.75, 3.05) is 26.6 Å². The van der Waals surface area contributed by atoms with E-state index < -0.39 is 5.97 Å². The average molecular weight is 356 g/mol. The predicted molar refractivity (Wildman–Crippen MR) is 94.0 cm³/mol. The zero-order valence-corrected chi connectivity index (χ0v) is 14.6.